The molecule has 0 aromatic rings. The summed E-state index contributed by atoms with van der Waals surface area (Å²) in [7, 11) is 0. The third-order valence-electron chi connectivity index (χ3n) is 1.74. The molecular formula is C11H19N3O2. The van der Waals surface area contributed by atoms with Gasteiger partial charge in [-0.25, -0.2) is 5.43 Å². The quantitative estimate of drug-likeness (QED) is 0.399. The predicted octanol–water partition coefficient (Wildman–Crippen LogP) is 0.827. The molecule has 2 N–H and O–H groups in total. The number of carbonyl (C=O) groups is 2. The summed E-state index contributed by atoms with van der Waals surface area (Å²) in [4.78, 5) is 22.4. The molecule has 5 heteroatoms. The van der Waals surface area contributed by atoms with Crippen molar-refractivity contribution in [2.45, 2.75) is 27.2 Å². The Hall–Kier alpha value is -1.65. The predicted molar refractivity (Wildman–Crippen MR) is 63.9 cm³/mol. The van der Waals surface area contributed by atoms with Crippen LogP contribution in [0.1, 0.15) is 27.2 Å². The third kappa shape index (κ3) is 6.75. The summed E-state index contributed by atoms with van der Waals surface area (Å²) in [5.41, 5.74) is 2.96. The maximum atomic E-state index is 11.2. The Kier molecular flexibility index (Phi) is 6.83. The van der Waals surface area contributed by atoms with Crippen molar-refractivity contribution in [1.29, 1.82) is 0 Å². The van der Waals surface area contributed by atoms with Crippen LogP contribution in [0.4, 0.5) is 0 Å². The van der Waals surface area contributed by atoms with Gasteiger partial charge in [0.15, 0.2) is 0 Å². The van der Waals surface area contributed by atoms with E-state index in [1.165, 1.54) is 0 Å². The molecule has 16 heavy (non-hydrogen) atoms. The van der Waals surface area contributed by atoms with Crippen LogP contribution in [0.3, 0.4) is 0 Å². The van der Waals surface area contributed by atoms with Gasteiger partial charge in [-0.2, -0.15) is 5.10 Å². The molecule has 0 bridgehead atoms. The lowest BCUT2D eigenvalue weighted by Gasteiger charge is -2.04. The number of nitrogens with one attached hydrogen (secondary N) is 2. The lowest BCUT2D eigenvalue weighted by Crippen LogP contribution is -2.27. The molecule has 0 atom stereocenters. The van der Waals surface area contributed by atoms with Gasteiger partial charge in [0.1, 0.15) is 0 Å². The van der Waals surface area contributed by atoms with Crippen LogP contribution < -0.4 is 10.7 Å². The Morgan fingerprint density at radius 1 is 1.44 bits per heavy atom. The molecule has 0 aromatic carbocycles. The molecule has 90 valence electrons. The lowest BCUT2D eigenvalue weighted by molar-refractivity contribution is -0.124. The minimum atomic E-state index is -0.161. The van der Waals surface area contributed by atoms with Crippen LogP contribution >= 0.6 is 0 Å². The van der Waals surface area contributed by atoms with Crippen molar-refractivity contribution in [1.82, 2.24) is 10.7 Å². The highest BCUT2D eigenvalue weighted by Crippen LogP contribution is 1.91. The second-order valence-corrected chi connectivity index (χ2v) is 3.75. The number of amides is 2. The van der Waals surface area contributed by atoms with Gasteiger partial charge in [-0.05, 0) is 6.92 Å². The summed E-state index contributed by atoms with van der Waals surface area (Å²) in [5.74, 6) is -0.420. The number of rotatable bonds is 6. The normalized spacial score (nSPS) is 11.1. The Balaban J connectivity index is 4.00. The fourth-order valence-corrected chi connectivity index (χ4v) is 0.800. The monoisotopic (exact) mass is 225 g/mol. The van der Waals surface area contributed by atoms with Crippen molar-refractivity contribution in [3.63, 3.8) is 0 Å². The molecule has 0 heterocycles. The summed E-state index contributed by atoms with van der Waals surface area (Å²) in [5, 5.41) is 6.45. The smallest absolute Gasteiger partial charge is 0.242 e. The van der Waals surface area contributed by atoms with Gasteiger partial charge in [-0.15, -0.1) is 6.58 Å². The van der Waals surface area contributed by atoms with Gasteiger partial charge in [0, 0.05) is 18.2 Å². The largest absolute Gasteiger partial charge is 0.352 e. The highest BCUT2D eigenvalue weighted by molar-refractivity contribution is 6.00. The van der Waals surface area contributed by atoms with E-state index in [0.29, 0.717) is 12.3 Å². The van der Waals surface area contributed by atoms with Crippen molar-refractivity contribution in [2.24, 2.45) is 11.0 Å². The number of hydrogen-bond acceptors (Lipinski definition) is 3. The number of nitrogens with zero attached hydrogens (tertiary/aromatic N) is 1. The number of carbonyl (C=O) groups excluding carboxylic acids is 2. The zero-order chi connectivity index (χ0) is 12.6. The molecule has 5 nitrogen and oxygen atoms in total. The first kappa shape index (κ1) is 14.3. The van der Waals surface area contributed by atoms with Crippen LogP contribution in [0.2, 0.25) is 0 Å². The molecule has 0 aromatic heterocycles. The van der Waals surface area contributed by atoms with Crippen molar-refractivity contribution < 1.29 is 9.59 Å². The first-order valence-corrected chi connectivity index (χ1v) is 5.18. The third-order valence-corrected chi connectivity index (χ3v) is 1.74. The van der Waals surface area contributed by atoms with Crippen LogP contribution in [0, 0.1) is 5.92 Å². The van der Waals surface area contributed by atoms with Crippen LogP contribution in [-0.2, 0) is 9.59 Å². The maximum Gasteiger partial charge on any atom is 0.242 e. The highest BCUT2D eigenvalue weighted by Gasteiger charge is 2.06. The van der Waals surface area contributed by atoms with Gasteiger partial charge >= 0.3 is 0 Å². The molecular weight excluding hydrogens is 206 g/mol. The van der Waals surface area contributed by atoms with Crippen LogP contribution in [0.25, 0.3) is 0 Å². The van der Waals surface area contributed by atoms with E-state index in [2.05, 4.69) is 22.4 Å². The zero-order valence-electron chi connectivity index (χ0n) is 10.0. The Morgan fingerprint density at radius 3 is 2.56 bits per heavy atom. The molecule has 0 aliphatic carbocycles. The van der Waals surface area contributed by atoms with E-state index in [1.807, 2.05) is 0 Å². The average molecular weight is 225 g/mol. The molecule has 0 unspecified atom stereocenters. The first-order valence-electron chi connectivity index (χ1n) is 5.18. The average Bonchev–Trinajstić information content (AvgIpc) is 2.22. The Labute approximate surface area is 96.0 Å². The molecule has 0 saturated carbocycles. The van der Waals surface area contributed by atoms with Crippen molar-refractivity contribution in [3.8, 4) is 0 Å². The second kappa shape index (κ2) is 7.62. The molecule has 0 radical (unpaired) electrons. The fraction of sp³-hybridized carbons (Fsp3) is 0.545. The summed E-state index contributed by atoms with van der Waals surface area (Å²) < 4.78 is 0. The molecule has 0 aliphatic heterocycles. The van der Waals surface area contributed by atoms with E-state index in [-0.39, 0.29) is 24.2 Å². The van der Waals surface area contributed by atoms with Gasteiger partial charge in [0.25, 0.3) is 0 Å². The maximum absolute atomic E-state index is 11.2. The van der Waals surface area contributed by atoms with E-state index in [9.17, 15) is 9.59 Å². The fourth-order valence-electron chi connectivity index (χ4n) is 0.800. The van der Waals surface area contributed by atoms with E-state index in [0.717, 1.165) is 0 Å². The van der Waals surface area contributed by atoms with Crippen LogP contribution in [-0.4, -0.2) is 24.1 Å². The van der Waals surface area contributed by atoms with Crippen molar-refractivity contribution >= 4 is 17.5 Å². The van der Waals surface area contributed by atoms with E-state index in [1.54, 1.807) is 26.8 Å². The van der Waals surface area contributed by atoms with Crippen molar-refractivity contribution in [3.05, 3.63) is 12.7 Å². The van der Waals surface area contributed by atoms with E-state index < -0.39 is 0 Å². The SMILES string of the molecule is C=CCNC(=O)C/C(C)=N\NC(=O)C(C)C. The van der Waals surface area contributed by atoms with E-state index in [4.69, 9.17) is 0 Å². The number of hydrazone groups is 1. The minimum Gasteiger partial charge on any atom is -0.352 e. The standard InChI is InChI=1S/C11H19N3O2/c1-5-6-12-10(15)7-9(4)13-14-11(16)8(2)3/h5,8H,1,6-7H2,2-4H3,(H,12,15)(H,14,16)/b13-9-. The summed E-state index contributed by atoms with van der Waals surface area (Å²) in [6.07, 6.45) is 1.77. The first-order chi connectivity index (χ1) is 7.47. The van der Waals surface area contributed by atoms with Crippen molar-refractivity contribution in [2.75, 3.05) is 6.54 Å². The topological polar surface area (TPSA) is 70.6 Å². The molecule has 0 rings (SSSR count). The second-order valence-electron chi connectivity index (χ2n) is 3.75. The number of hydrogen-bond donors (Lipinski definition) is 2. The highest BCUT2D eigenvalue weighted by atomic mass is 16.2. The van der Waals surface area contributed by atoms with Crippen LogP contribution in [0.5, 0.6) is 0 Å². The summed E-state index contributed by atoms with van der Waals surface area (Å²) in [6.45, 7) is 9.16. The molecule has 2 amide bonds. The molecule has 0 spiro atoms. The molecule has 0 fully saturated rings. The Morgan fingerprint density at radius 2 is 2.06 bits per heavy atom. The lowest BCUT2D eigenvalue weighted by atomic mass is 10.2. The summed E-state index contributed by atoms with van der Waals surface area (Å²) in [6, 6.07) is 0. The minimum absolute atomic E-state index is 0.119. The van der Waals surface area contributed by atoms with Gasteiger partial charge in [-0.3, -0.25) is 9.59 Å². The van der Waals surface area contributed by atoms with E-state index >= 15 is 0 Å². The van der Waals surface area contributed by atoms with Gasteiger partial charge in [-0.1, -0.05) is 19.9 Å². The molecule has 0 saturated heterocycles. The Bertz CT molecular complexity index is 296. The van der Waals surface area contributed by atoms with Gasteiger partial charge in [0.05, 0.1) is 6.42 Å². The van der Waals surface area contributed by atoms with Crippen LogP contribution in [0.15, 0.2) is 17.8 Å². The van der Waals surface area contributed by atoms with Gasteiger partial charge in [0.2, 0.25) is 11.8 Å². The zero-order valence-corrected chi connectivity index (χ0v) is 10.0. The van der Waals surface area contributed by atoms with Gasteiger partial charge < -0.3 is 5.32 Å². The molecule has 0 aliphatic rings. The summed E-state index contributed by atoms with van der Waals surface area (Å²) >= 11 is 0.